The third kappa shape index (κ3) is 1.95. The average molecular weight is 291 g/mol. The van der Waals surface area contributed by atoms with Crippen molar-refractivity contribution >= 4 is 21.6 Å². The molecule has 3 rings (SSSR count). The molecule has 1 saturated carbocycles. The fourth-order valence-electron chi connectivity index (χ4n) is 3.29. The second-order valence-electron chi connectivity index (χ2n) is 5.13. The standard InChI is InChI=1S/C14H15BrN2/c15-13-5-4-10(7-16)14(6-13)17-8-11-2-1-3-12(11)9-17/h4-6,11-12H,1-3,8-9H2. The molecule has 1 aliphatic heterocycles. The lowest BCUT2D eigenvalue weighted by molar-refractivity contribution is 0.494. The summed E-state index contributed by atoms with van der Waals surface area (Å²) >= 11 is 3.50. The molecule has 0 bridgehead atoms. The molecule has 0 spiro atoms. The smallest absolute Gasteiger partial charge is 0.101 e. The van der Waals surface area contributed by atoms with E-state index in [2.05, 4.69) is 33.0 Å². The minimum absolute atomic E-state index is 0.799. The highest BCUT2D eigenvalue weighted by Gasteiger charge is 2.36. The molecular formula is C14H15BrN2. The molecule has 2 unspecified atom stereocenters. The lowest BCUT2D eigenvalue weighted by Crippen LogP contribution is -2.21. The van der Waals surface area contributed by atoms with Crippen molar-refractivity contribution in [1.29, 1.82) is 5.26 Å². The van der Waals surface area contributed by atoms with E-state index in [1.165, 1.54) is 19.3 Å². The number of anilines is 1. The van der Waals surface area contributed by atoms with Crippen molar-refractivity contribution in [3.8, 4) is 6.07 Å². The Kier molecular flexibility index (Phi) is 2.84. The first kappa shape index (κ1) is 11.1. The number of halogens is 1. The fraction of sp³-hybridized carbons (Fsp3) is 0.500. The molecule has 88 valence electrons. The van der Waals surface area contributed by atoms with Gasteiger partial charge in [0.15, 0.2) is 0 Å². The van der Waals surface area contributed by atoms with Gasteiger partial charge in [0.25, 0.3) is 0 Å². The number of hydrogen-bond donors (Lipinski definition) is 0. The Bertz CT molecular complexity index is 466. The van der Waals surface area contributed by atoms with Crippen molar-refractivity contribution in [1.82, 2.24) is 0 Å². The second-order valence-corrected chi connectivity index (χ2v) is 6.04. The highest BCUT2D eigenvalue weighted by atomic mass is 79.9. The predicted octanol–water partition coefficient (Wildman–Crippen LogP) is 3.56. The Labute approximate surface area is 110 Å². The lowest BCUT2D eigenvalue weighted by Gasteiger charge is -2.21. The summed E-state index contributed by atoms with van der Waals surface area (Å²) in [5.74, 6) is 1.72. The molecule has 2 atom stereocenters. The summed E-state index contributed by atoms with van der Waals surface area (Å²) in [4.78, 5) is 2.40. The molecule has 0 N–H and O–H groups in total. The van der Waals surface area contributed by atoms with E-state index < -0.39 is 0 Å². The Morgan fingerprint density at radius 2 is 1.94 bits per heavy atom. The molecule has 0 amide bonds. The number of fused-ring (bicyclic) bond motifs is 1. The van der Waals surface area contributed by atoms with Crippen LogP contribution >= 0.6 is 15.9 Å². The molecule has 0 radical (unpaired) electrons. The van der Waals surface area contributed by atoms with Crippen LogP contribution in [0.2, 0.25) is 0 Å². The van der Waals surface area contributed by atoms with Crippen LogP contribution in [0, 0.1) is 23.2 Å². The molecule has 2 fully saturated rings. The molecule has 2 aliphatic rings. The fourth-order valence-corrected chi connectivity index (χ4v) is 3.64. The summed E-state index contributed by atoms with van der Waals surface area (Å²) in [6.45, 7) is 2.27. The molecule has 1 aliphatic carbocycles. The van der Waals surface area contributed by atoms with Crippen molar-refractivity contribution in [2.45, 2.75) is 19.3 Å². The van der Waals surface area contributed by atoms with E-state index in [-0.39, 0.29) is 0 Å². The van der Waals surface area contributed by atoms with Gasteiger partial charge in [-0.25, -0.2) is 0 Å². The maximum atomic E-state index is 9.18. The van der Waals surface area contributed by atoms with Gasteiger partial charge < -0.3 is 4.90 Å². The Hall–Kier alpha value is -1.01. The molecular weight excluding hydrogens is 276 g/mol. The summed E-state index contributed by atoms with van der Waals surface area (Å²) < 4.78 is 1.06. The van der Waals surface area contributed by atoms with E-state index in [4.69, 9.17) is 0 Å². The lowest BCUT2D eigenvalue weighted by atomic mass is 10.0. The van der Waals surface area contributed by atoms with Gasteiger partial charge in [0.05, 0.1) is 11.3 Å². The summed E-state index contributed by atoms with van der Waals surface area (Å²) in [5, 5.41) is 9.18. The van der Waals surface area contributed by atoms with Crippen LogP contribution in [-0.2, 0) is 0 Å². The number of hydrogen-bond acceptors (Lipinski definition) is 2. The van der Waals surface area contributed by atoms with E-state index in [1.54, 1.807) is 0 Å². The number of rotatable bonds is 1. The van der Waals surface area contributed by atoms with Gasteiger partial charge in [-0.05, 0) is 42.9 Å². The van der Waals surface area contributed by atoms with Crippen LogP contribution in [0.1, 0.15) is 24.8 Å². The number of benzene rings is 1. The molecule has 1 aromatic rings. The van der Waals surface area contributed by atoms with Crippen LogP contribution in [-0.4, -0.2) is 13.1 Å². The maximum absolute atomic E-state index is 9.18. The van der Waals surface area contributed by atoms with Gasteiger partial charge in [0.1, 0.15) is 6.07 Å². The van der Waals surface area contributed by atoms with Gasteiger partial charge >= 0.3 is 0 Å². The molecule has 1 aromatic carbocycles. The van der Waals surface area contributed by atoms with Crippen molar-refractivity contribution < 1.29 is 0 Å². The topological polar surface area (TPSA) is 27.0 Å². The van der Waals surface area contributed by atoms with Gasteiger partial charge in [-0.1, -0.05) is 22.4 Å². The average Bonchev–Trinajstić information content (AvgIpc) is 2.88. The third-order valence-corrected chi connectivity index (χ3v) is 4.64. The Morgan fingerprint density at radius 3 is 2.59 bits per heavy atom. The first-order valence-corrected chi connectivity index (χ1v) is 7.02. The maximum Gasteiger partial charge on any atom is 0.101 e. The quantitative estimate of drug-likeness (QED) is 0.791. The summed E-state index contributed by atoms with van der Waals surface area (Å²) in [5.41, 5.74) is 1.91. The molecule has 17 heavy (non-hydrogen) atoms. The van der Waals surface area contributed by atoms with Crippen LogP contribution in [0.25, 0.3) is 0 Å². The van der Waals surface area contributed by atoms with Gasteiger partial charge in [-0.2, -0.15) is 5.26 Å². The zero-order chi connectivity index (χ0) is 11.8. The first-order valence-electron chi connectivity index (χ1n) is 6.22. The number of nitrogens with zero attached hydrogens (tertiary/aromatic N) is 2. The third-order valence-electron chi connectivity index (χ3n) is 4.15. The second kappa shape index (κ2) is 4.34. The van der Waals surface area contributed by atoms with Crippen LogP contribution in [0.15, 0.2) is 22.7 Å². The minimum atomic E-state index is 0.799. The normalized spacial score (nSPS) is 26.9. The zero-order valence-electron chi connectivity index (χ0n) is 9.69. The highest BCUT2D eigenvalue weighted by Crippen LogP contribution is 2.40. The molecule has 0 aromatic heterocycles. The predicted molar refractivity (Wildman–Crippen MR) is 71.9 cm³/mol. The van der Waals surface area contributed by atoms with Crippen molar-refractivity contribution in [3.63, 3.8) is 0 Å². The van der Waals surface area contributed by atoms with Gasteiger partial charge in [0.2, 0.25) is 0 Å². The van der Waals surface area contributed by atoms with Crippen LogP contribution in [0.3, 0.4) is 0 Å². The molecule has 2 nitrogen and oxygen atoms in total. The van der Waals surface area contributed by atoms with Crippen LogP contribution < -0.4 is 4.90 Å². The van der Waals surface area contributed by atoms with Crippen molar-refractivity contribution in [2.75, 3.05) is 18.0 Å². The molecule has 1 heterocycles. The van der Waals surface area contributed by atoms with Gasteiger partial charge in [-0.15, -0.1) is 0 Å². The van der Waals surface area contributed by atoms with E-state index in [9.17, 15) is 5.26 Å². The van der Waals surface area contributed by atoms with E-state index >= 15 is 0 Å². The molecule has 1 saturated heterocycles. The van der Waals surface area contributed by atoms with E-state index in [0.29, 0.717) is 0 Å². The first-order chi connectivity index (χ1) is 8.28. The van der Waals surface area contributed by atoms with Crippen molar-refractivity contribution in [3.05, 3.63) is 28.2 Å². The Balaban J connectivity index is 1.90. The van der Waals surface area contributed by atoms with E-state index in [1.807, 2.05) is 12.1 Å². The SMILES string of the molecule is N#Cc1ccc(Br)cc1N1CC2CCCC2C1. The van der Waals surface area contributed by atoms with Crippen LogP contribution in [0.5, 0.6) is 0 Å². The largest absolute Gasteiger partial charge is 0.370 e. The van der Waals surface area contributed by atoms with Gasteiger partial charge in [-0.3, -0.25) is 0 Å². The molecule has 3 heteroatoms. The zero-order valence-corrected chi connectivity index (χ0v) is 11.3. The summed E-state index contributed by atoms with van der Waals surface area (Å²) in [6, 6.07) is 8.24. The summed E-state index contributed by atoms with van der Waals surface area (Å²) in [7, 11) is 0. The van der Waals surface area contributed by atoms with Gasteiger partial charge in [0, 0.05) is 17.6 Å². The number of nitriles is 1. The summed E-state index contributed by atoms with van der Waals surface area (Å²) in [6.07, 6.45) is 4.14. The van der Waals surface area contributed by atoms with Crippen molar-refractivity contribution in [2.24, 2.45) is 11.8 Å². The Morgan fingerprint density at radius 1 is 1.24 bits per heavy atom. The van der Waals surface area contributed by atoms with E-state index in [0.717, 1.165) is 40.6 Å². The van der Waals surface area contributed by atoms with Crippen LogP contribution in [0.4, 0.5) is 5.69 Å². The highest BCUT2D eigenvalue weighted by molar-refractivity contribution is 9.10. The minimum Gasteiger partial charge on any atom is -0.370 e. The monoisotopic (exact) mass is 290 g/mol.